The van der Waals surface area contributed by atoms with Gasteiger partial charge < -0.3 is 5.32 Å². The first-order valence-electron chi connectivity index (χ1n) is 6.30. The minimum absolute atomic E-state index is 0.0219. The summed E-state index contributed by atoms with van der Waals surface area (Å²) in [6.07, 6.45) is 0.686. The van der Waals surface area contributed by atoms with Crippen LogP contribution in [-0.2, 0) is 6.42 Å². The number of hydrogen-bond donors (Lipinski definition) is 1. The van der Waals surface area contributed by atoms with Gasteiger partial charge in [0.05, 0.1) is 6.04 Å². The van der Waals surface area contributed by atoms with Crippen molar-refractivity contribution in [3.05, 3.63) is 65.0 Å². The predicted octanol–water partition coefficient (Wildman–Crippen LogP) is 3.35. The summed E-state index contributed by atoms with van der Waals surface area (Å²) < 4.78 is 13.1. The van der Waals surface area contributed by atoms with Crippen LogP contribution in [0.3, 0.4) is 0 Å². The first-order valence-corrected chi connectivity index (χ1v) is 6.30. The molecule has 1 aliphatic heterocycles. The maximum absolute atomic E-state index is 13.1. The Kier molecular flexibility index (Phi) is 2.82. The molecule has 2 aromatic rings. The fourth-order valence-electron chi connectivity index (χ4n) is 2.55. The third kappa shape index (κ3) is 2.12. The van der Waals surface area contributed by atoms with E-state index in [0.29, 0.717) is 17.5 Å². The number of aryl methyl sites for hydroxylation is 1. The summed E-state index contributed by atoms with van der Waals surface area (Å²) in [7, 11) is 0. The van der Waals surface area contributed by atoms with E-state index in [2.05, 4.69) is 5.32 Å². The monoisotopic (exact) mass is 255 g/mol. The molecule has 1 N–H and O–H groups in total. The Morgan fingerprint density at radius 3 is 2.79 bits per heavy atom. The average Bonchev–Trinajstić information content (AvgIpc) is 2.81. The van der Waals surface area contributed by atoms with Gasteiger partial charge in [-0.25, -0.2) is 4.39 Å². The van der Waals surface area contributed by atoms with E-state index < -0.39 is 0 Å². The Balaban J connectivity index is 1.87. The van der Waals surface area contributed by atoms with Crippen LogP contribution >= 0.6 is 0 Å². The highest BCUT2D eigenvalue weighted by Gasteiger charge is 2.27. The van der Waals surface area contributed by atoms with E-state index in [4.69, 9.17) is 0 Å². The molecule has 19 heavy (non-hydrogen) atoms. The average molecular weight is 255 g/mol. The van der Waals surface area contributed by atoms with E-state index in [0.717, 1.165) is 11.3 Å². The molecule has 3 rings (SSSR count). The molecule has 3 heteroatoms. The normalized spacial score (nSPS) is 16.8. The Bertz CT molecular complexity index is 626. The zero-order valence-electron chi connectivity index (χ0n) is 10.6. The van der Waals surface area contributed by atoms with Gasteiger partial charge in [-0.3, -0.25) is 4.79 Å². The Morgan fingerprint density at radius 1 is 1.26 bits per heavy atom. The highest BCUT2D eigenvalue weighted by molar-refractivity contribution is 6.03. The van der Waals surface area contributed by atoms with Crippen molar-refractivity contribution in [1.29, 1.82) is 0 Å². The molecule has 0 bridgehead atoms. The van der Waals surface area contributed by atoms with E-state index in [1.54, 1.807) is 13.0 Å². The molecule has 0 spiro atoms. The minimum Gasteiger partial charge on any atom is -0.374 e. The van der Waals surface area contributed by atoms with Crippen LogP contribution in [0.5, 0.6) is 0 Å². The molecule has 0 aliphatic carbocycles. The third-order valence-corrected chi connectivity index (χ3v) is 3.54. The van der Waals surface area contributed by atoms with Crippen LogP contribution in [0.15, 0.2) is 42.5 Å². The van der Waals surface area contributed by atoms with E-state index in [1.165, 1.54) is 12.1 Å². The number of Topliss-reactive ketones (excluding diaryl/α,β-unsaturated/α-hetero) is 1. The van der Waals surface area contributed by atoms with Gasteiger partial charge in [0, 0.05) is 17.7 Å². The second-order valence-corrected chi connectivity index (χ2v) is 4.88. The number of nitrogens with one attached hydrogen (secondary N) is 1. The molecule has 1 unspecified atom stereocenters. The number of para-hydroxylation sites is 1. The number of anilines is 1. The summed E-state index contributed by atoms with van der Waals surface area (Å²) >= 11 is 0. The molecule has 0 amide bonds. The van der Waals surface area contributed by atoms with Crippen molar-refractivity contribution < 1.29 is 9.18 Å². The second-order valence-electron chi connectivity index (χ2n) is 4.88. The summed E-state index contributed by atoms with van der Waals surface area (Å²) in [5.41, 5.74) is 3.44. The van der Waals surface area contributed by atoms with Crippen molar-refractivity contribution in [3.8, 4) is 0 Å². The number of rotatable bonds is 2. The number of hydrogen-bond acceptors (Lipinski definition) is 2. The van der Waals surface area contributed by atoms with E-state index in [1.807, 2.05) is 24.3 Å². The number of fused-ring (bicyclic) bond motifs is 1. The van der Waals surface area contributed by atoms with Crippen LogP contribution in [0.4, 0.5) is 10.1 Å². The van der Waals surface area contributed by atoms with Gasteiger partial charge >= 0.3 is 0 Å². The third-order valence-electron chi connectivity index (χ3n) is 3.54. The lowest BCUT2D eigenvalue weighted by molar-refractivity contribution is 0.0971. The number of benzene rings is 2. The molecular weight excluding hydrogens is 241 g/mol. The lowest BCUT2D eigenvalue weighted by Gasteiger charge is -2.12. The largest absolute Gasteiger partial charge is 0.374 e. The van der Waals surface area contributed by atoms with Gasteiger partial charge in [-0.05, 0) is 42.3 Å². The molecule has 1 aliphatic rings. The Labute approximate surface area is 111 Å². The number of ketones is 1. The van der Waals surface area contributed by atoms with Crippen molar-refractivity contribution in [2.45, 2.75) is 19.4 Å². The van der Waals surface area contributed by atoms with Crippen LogP contribution in [0.25, 0.3) is 0 Å². The van der Waals surface area contributed by atoms with Gasteiger partial charge in [0.2, 0.25) is 0 Å². The highest BCUT2D eigenvalue weighted by atomic mass is 19.1. The van der Waals surface area contributed by atoms with E-state index >= 15 is 0 Å². The summed E-state index contributed by atoms with van der Waals surface area (Å²) in [6, 6.07) is 12.0. The van der Waals surface area contributed by atoms with E-state index in [9.17, 15) is 9.18 Å². The zero-order valence-corrected chi connectivity index (χ0v) is 10.6. The fraction of sp³-hybridized carbons (Fsp3) is 0.188. The summed E-state index contributed by atoms with van der Waals surface area (Å²) in [5, 5.41) is 3.23. The number of carbonyl (C=O) groups excluding carboxylic acids is 1. The molecule has 1 atom stereocenters. The lowest BCUT2D eigenvalue weighted by atomic mass is 9.97. The first kappa shape index (κ1) is 11.9. The predicted molar refractivity (Wildman–Crippen MR) is 73.0 cm³/mol. The second kappa shape index (κ2) is 4.50. The fourth-order valence-corrected chi connectivity index (χ4v) is 2.55. The number of carbonyl (C=O) groups is 1. The minimum atomic E-state index is -0.309. The van der Waals surface area contributed by atoms with Crippen LogP contribution in [0.1, 0.15) is 21.5 Å². The maximum Gasteiger partial charge on any atom is 0.185 e. The van der Waals surface area contributed by atoms with Crippen LogP contribution in [-0.4, -0.2) is 11.8 Å². The molecule has 1 heterocycles. The van der Waals surface area contributed by atoms with Crippen molar-refractivity contribution in [2.75, 3.05) is 5.32 Å². The van der Waals surface area contributed by atoms with Crippen LogP contribution in [0.2, 0.25) is 0 Å². The van der Waals surface area contributed by atoms with Gasteiger partial charge in [-0.1, -0.05) is 18.2 Å². The molecule has 0 aromatic heterocycles. The summed E-state index contributed by atoms with van der Waals surface area (Å²) in [6.45, 7) is 1.76. The van der Waals surface area contributed by atoms with Crippen molar-refractivity contribution in [3.63, 3.8) is 0 Å². The topological polar surface area (TPSA) is 29.1 Å². The van der Waals surface area contributed by atoms with Gasteiger partial charge in [0.25, 0.3) is 0 Å². The molecule has 0 fully saturated rings. The molecule has 96 valence electrons. The molecular formula is C16H14FNO. The highest BCUT2D eigenvalue weighted by Crippen LogP contribution is 2.27. The summed E-state index contributed by atoms with van der Waals surface area (Å²) in [5.74, 6) is -0.287. The van der Waals surface area contributed by atoms with Crippen molar-refractivity contribution in [1.82, 2.24) is 0 Å². The smallest absolute Gasteiger partial charge is 0.185 e. The van der Waals surface area contributed by atoms with Crippen LogP contribution < -0.4 is 5.32 Å². The lowest BCUT2D eigenvalue weighted by Crippen LogP contribution is -2.27. The SMILES string of the molecule is Cc1cc(F)ccc1C(=O)C1Cc2ccccc2N1. The molecule has 0 saturated carbocycles. The van der Waals surface area contributed by atoms with E-state index in [-0.39, 0.29) is 17.6 Å². The molecule has 0 saturated heterocycles. The quantitative estimate of drug-likeness (QED) is 0.834. The van der Waals surface area contributed by atoms with Crippen molar-refractivity contribution >= 4 is 11.5 Å². The Hall–Kier alpha value is -2.16. The zero-order chi connectivity index (χ0) is 13.4. The van der Waals surface area contributed by atoms with Crippen molar-refractivity contribution in [2.24, 2.45) is 0 Å². The molecule has 2 nitrogen and oxygen atoms in total. The summed E-state index contributed by atoms with van der Waals surface area (Å²) in [4.78, 5) is 12.5. The Morgan fingerprint density at radius 2 is 2.05 bits per heavy atom. The van der Waals surface area contributed by atoms with Gasteiger partial charge in [0.1, 0.15) is 5.82 Å². The van der Waals surface area contributed by atoms with Gasteiger partial charge in [-0.2, -0.15) is 0 Å². The standard InChI is InChI=1S/C16H14FNO/c1-10-8-12(17)6-7-13(10)16(19)15-9-11-4-2-3-5-14(11)18-15/h2-8,15,18H,9H2,1H3. The number of halogens is 1. The first-order chi connectivity index (χ1) is 9.15. The molecule has 0 radical (unpaired) electrons. The van der Waals surface area contributed by atoms with Gasteiger partial charge in [0.15, 0.2) is 5.78 Å². The van der Waals surface area contributed by atoms with Gasteiger partial charge in [-0.15, -0.1) is 0 Å². The maximum atomic E-state index is 13.1. The molecule has 2 aromatic carbocycles. The van der Waals surface area contributed by atoms with Crippen LogP contribution in [0, 0.1) is 12.7 Å².